The standard InChI is InChI=1S/C11H17NO/c1-3-8(2)11(12)9-4-6-10(13)7-5-9/h4-8,11,13H,3,12H2,1-2H3/t8?,11-/m0/s1. The van der Waals surface area contributed by atoms with Crippen LogP contribution in [-0.4, -0.2) is 5.11 Å². The maximum Gasteiger partial charge on any atom is 0.115 e. The van der Waals surface area contributed by atoms with Crippen molar-refractivity contribution in [3.05, 3.63) is 29.8 Å². The number of phenols is 1. The highest BCUT2D eigenvalue weighted by molar-refractivity contribution is 5.28. The van der Waals surface area contributed by atoms with Gasteiger partial charge in [-0.15, -0.1) is 0 Å². The van der Waals surface area contributed by atoms with Crippen LogP contribution in [0.1, 0.15) is 31.9 Å². The number of rotatable bonds is 3. The fraction of sp³-hybridized carbons (Fsp3) is 0.455. The first-order chi connectivity index (χ1) is 6.15. The summed E-state index contributed by atoms with van der Waals surface area (Å²) in [7, 11) is 0. The smallest absolute Gasteiger partial charge is 0.115 e. The molecule has 0 heterocycles. The second kappa shape index (κ2) is 4.28. The molecule has 0 aliphatic carbocycles. The highest BCUT2D eigenvalue weighted by Gasteiger charge is 2.12. The number of phenolic OH excluding ortho intramolecular Hbond substituents is 1. The molecule has 0 spiro atoms. The van der Waals surface area contributed by atoms with Crippen LogP contribution in [0.3, 0.4) is 0 Å². The first-order valence-electron chi connectivity index (χ1n) is 4.69. The average Bonchev–Trinajstić information content (AvgIpc) is 2.17. The summed E-state index contributed by atoms with van der Waals surface area (Å²) in [6.07, 6.45) is 1.07. The summed E-state index contributed by atoms with van der Waals surface area (Å²) in [6.45, 7) is 4.27. The van der Waals surface area contributed by atoms with Crippen LogP contribution in [0.4, 0.5) is 0 Å². The molecule has 2 atom stereocenters. The van der Waals surface area contributed by atoms with Crippen molar-refractivity contribution in [2.75, 3.05) is 0 Å². The molecule has 0 amide bonds. The Labute approximate surface area is 79.4 Å². The molecule has 0 radical (unpaired) electrons. The molecule has 0 aliphatic rings. The molecule has 0 fully saturated rings. The maximum atomic E-state index is 9.09. The first kappa shape index (κ1) is 10.1. The number of aromatic hydroxyl groups is 1. The van der Waals surface area contributed by atoms with Crippen LogP contribution in [0.15, 0.2) is 24.3 Å². The molecule has 1 rings (SSSR count). The highest BCUT2D eigenvalue weighted by Crippen LogP contribution is 2.22. The quantitative estimate of drug-likeness (QED) is 0.748. The van der Waals surface area contributed by atoms with E-state index in [1.54, 1.807) is 12.1 Å². The van der Waals surface area contributed by atoms with E-state index >= 15 is 0 Å². The zero-order valence-electron chi connectivity index (χ0n) is 8.20. The highest BCUT2D eigenvalue weighted by atomic mass is 16.3. The lowest BCUT2D eigenvalue weighted by atomic mass is 9.93. The van der Waals surface area contributed by atoms with Gasteiger partial charge in [-0.3, -0.25) is 0 Å². The van der Waals surface area contributed by atoms with E-state index in [9.17, 15) is 0 Å². The van der Waals surface area contributed by atoms with E-state index in [4.69, 9.17) is 10.8 Å². The molecule has 13 heavy (non-hydrogen) atoms. The summed E-state index contributed by atoms with van der Waals surface area (Å²) in [4.78, 5) is 0. The number of benzene rings is 1. The maximum absolute atomic E-state index is 9.09. The van der Waals surface area contributed by atoms with Crippen molar-refractivity contribution in [1.82, 2.24) is 0 Å². The minimum Gasteiger partial charge on any atom is -0.508 e. The Morgan fingerprint density at radius 1 is 1.31 bits per heavy atom. The molecule has 2 heteroatoms. The van der Waals surface area contributed by atoms with Crippen LogP contribution in [0.5, 0.6) is 5.75 Å². The molecule has 3 N–H and O–H groups in total. The summed E-state index contributed by atoms with van der Waals surface area (Å²) >= 11 is 0. The van der Waals surface area contributed by atoms with Gasteiger partial charge in [-0.2, -0.15) is 0 Å². The Morgan fingerprint density at radius 2 is 1.85 bits per heavy atom. The van der Waals surface area contributed by atoms with Crippen molar-refractivity contribution in [3.63, 3.8) is 0 Å². The molecule has 0 saturated heterocycles. The van der Waals surface area contributed by atoms with Crippen molar-refractivity contribution < 1.29 is 5.11 Å². The molecular formula is C11H17NO. The third kappa shape index (κ3) is 2.46. The molecule has 1 unspecified atom stereocenters. The van der Waals surface area contributed by atoms with Crippen molar-refractivity contribution in [3.8, 4) is 5.75 Å². The van der Waals surface area contributed by atoms with Crippen molar-refractivity contribution in [2.45, 2.75) is 26.3 Å². The summed E-state index contributed by atoms with van der Waals surface area (Å²) in [5.74, 6) is 0.768. The number of nitrogens with two attached hydrogens (primary N) is 1. The Morgan fingerprint density at radius 3 is 2.31 bits per heavy atom. The molecule has 1 aromatic carbocycles. The zero-order chi connectivity index (χ0) is 9.84. The van der Waals surface area contributed by atoms with E-state index in [-0.39, 0.29) is 6.04 Å². The second-order valence-electron chi connectivity index (χ2n) is 3.50. The molecule has 1 aromatic rings. The van der Waals surface area contributed by atoms with Gasteiger partial charge in [0.15, 0.2) is 0 Å². The van der Waals surface area contributed by atoms with Gasteiger partial charge >= 0.3 is 0 Å². The Hall–Kier alpha value is -1.02. The SMILES string of the molecule is CCC(C)[C@H](N)c1ccc(O)cc1. The zero-order valence-corrected chi connectivity index (χ0v) is 8.20. The van der Waals surface area contributed by atoms with Gasteiger partial charge in [0.1, 0.15) is 5.75 Å². The summed E-state index contributed by atoms with van der Waals surface area (Å²) < 4.78 is 0. The fourth-order valence-electron chi connectivity index (χ4n) is 1.28. The number of hydrogen-bond donors (Lipinski definition) is 2. The molecule has 0 aromatic heterocycles. The molecule has 0 aliphatic heterocycles. The van der Waals surface area contributed by atoms with Crippen LogP contribution in [0, 0.1) is 5.92 Å². The fourth-order valence-corrected chi connectivity index (χ4v) is 1.28. The molecular weight excluding hydrogens is 162 g/mol. The predicted molar refractivity (Wildman–Crippen MR) is 54.5 cm³/mol. The first-order valence-corrected chi connectivity index (χ1v) is 4.69. The van der Waals surface area contributed by atoms with Crippen molar-refractivity contribution >= 4 is 0 Å². The van der Waals surface area contributed by atoms with Crippen LogP contribution in [0.25, 0.3) is 0 Å². The third-order valence-corrected chi connectivity index (χ3v) is 2.53. The van der Waals surface area contributed by atoms with E-state index in [1.807, 2.05) is 12.1 Å². The van der Waals surface area contributed by atoms with Gasteiger partial charge in [-0.05, 0) is 23.6 Å². The molecule has 72 valence electrons. The summed E-state index contributed by atoms with van der Waals surface area (Å²) in [5, 5.41) is 9.09. The third-order valence-electron chi connectivity index (χ3n) is 2.53. The normalized spacial score (nSPS) is 15.3. The second-order valence-corrected chi connectivity index (χ2v) is 3.50. The van der Waals surface area contributed by atoms with E-state index in [0.717, 1.165) is 12.0 Å². The van der Waals surface area contributed by atoms with Gasteiger partial charge in [-0.1, -0.05) is 32.4 Å². The van der Waals surface area contributed by atoms with Gasteiger partial charge in [-0.25, -0.2) is 0 Å². The average molecular weight is 179 g/mol. The van der Waals surface area contributed by atoms with Gasteiger partial charge in [0.25, 0.3) is 0 Å². The lowest BCUT2D eigenvalue weighted by Crippen LogP contribution is -2.18. The Balaban J connectivity index is 2.77. The van der Waals surface area contributed by atoms with Crippen molar-refractivity contribution in [1.29, 1.82) is 0 Å². The monoisotopic (exact) mass is 179 g/mol. The van der Waals surface area contributed by atoms with E-state index in [2.05, 4.69) is 13.8 Å². The Bertz CT molecular complexity index is 255. The predicted octanol–water partition coefficient (Wildman–Crippen LogP) is 2.44. The van der Waals surface area contributed by atoms with Crippen LogP contribution < -0.4 is 5.73 Å². The van der Waals surface area contributed by atoms with Crippen LogP contribution >= 0.6 is 0 Å². The topological polar surface area (TPSA) is 46.2 Å². The minimum atomic E-state index is 0.0746. The van der Waals surface area contributed by atoms with Crippen LogP contribution in [-0.2, 0) is 0 Å². The summed E-state index contributed by atoms with van der Waals surface area (Å²) in [6, 6.07) is 7.19. The van der Waals surface area contributed by atoms with Gasteiger partial charge in [0.2, 0.25) is 0 Å². The minimum absolute atomic E-state index is 0.0746. The Kier molecular flexibility index (Phi) is 3.32. The van der Waals surface area contributed by atoms with Crippen molar-refractivity contribution in [2.24, 2.45) is 11.7 Å². The van der Waals surface area contributed by atoms with Gasteiger partial charge in [0, 0.05) is 6.04 Å². The summed E-state index contributed by atoms with van der Waals surface area (Å²) in [5.41, 5.74) is 7.11. The van der Waals surface area contributed by atoms with Gasteiger partial charge in [0.05, 0.1) is 0 Å². The molecule has 0 saturated carbocycles. The van der Waals surface area contributed by atoms with Gasteiger partial charge < -0.3 is 10.8 Å². The molecule has 2 nitrogen and oxygen atoms in total. The lowest BCUT2D eigenvalue weighted by molar-refractivity contribution is 0.453. The van der Waals surface area contributed by atoms with Crippen LogP contribution in [0.2, 0.25) is 0 Å². The van der Waals surface area contributed by atoms with E-state index < -0.39 is 0 Å². The number of hydrogen-bond acceptors (Lipinski definition) is 2. The van der Waals surface area contributed by atoms with E-state index in [0.29, 0.717) is 11.7 Å². The lowest BCUT2D eigenvalue weighted by Gasteiger charge is -2.18. The van der Waals surface area contributed by atoms with E-state index in [1.165, 1.54) is 0 Å². The largest absolute Gasteiger partial charge is 0.508 e. The molecule has 0 bridgehead atoms.